The summed E-state index contributed by atoms with van der Waals surface area (Å²) in [6.45, 7) is 0. The van der Waals surface area contributed by atoms with Crippen LogP contribution >= 0.6 is 0 Å². The predicted octanol–water partition coefficient (Wildman–Crippen LogP) is 2.61. The first-order chi connectivity index (χ1) is 10.9. The third-order valence-electron chi connectivity index (χ3n) is 2.82. The maximum absolute atomic E-state index is 11.0. The van der Waals surface area contributed by atoms with Gasteiger partial charge in [0.15, 0.2) is 5.88 Å². The SMILES string of the molecule is CN(C)c1ccc(/C=N\Nc2ccc([N+](=O)[O-])cc2[N+](=O)[O-])o1. The molecule has 10 nitrogen and oxygen atoms in total. The minimum atomic E-state index is -0.720. The van der Waals surface area contributed by atoms with Crippen molar-refractivity contribution < 1.29 is 14.3 Å². The van der Waals surface area contributed by atoms with E-state index >= 15 is 0 Å². The van der Waals surface area contributed by atoms with Crippen LogP contribution in [0.15, 0.2) is 39.9 Å². The van der Waals surface area contributed by atoms with E-state index < -0.39 is 15.5 Å². The number of anilines is 2. The van der Waals surface area contributed by atoms with E-state index in [0.29, 0.717) is 11.6 Å². The predicted molar refractivity (Wildman–Crippen MR) is 84.0 cm³/mol. The molecule has 1 aromatic carbocycles. The van der Waals surface area contributed by atoms with Crippen molar-refractivity contribution in [2.24, 2.45) is 5.10 Å². The number of hydrogen-bond acceptors (Lipinski definition) is 8. The summed E-state index contributed by atoms with van der Waals surface area (Å²) in [5, 5.41) is 25.5. The van der Waals surface area contributed by atoms with Crippen molar-refractivity contribution in [2.75, 3.05) is 24.4 Å². The van der Waals surface area contributed by atoms with Crippen LogP contribution in [0.25, 0.3) is 0 Å². The fourth-order valence-corrected chi connectivity index (χ4v) is 1.70. The van der Waals surface area contributed by atoms with E-state index in [4.69, 9.17) is 4.42 Å². The highest BCUT2D eigenvalue weighted by molar-refractivity contribution is 5.78. The number of furan rings is 1. The molecule has 0 aliphatic heterocycles. The van der Waals surface area contributed by atoms with E-state index in [1.54, 1.807) is 17.0 Å². The van der Waals surface area contributed by atoms with Gasteiger partial charge in [-0.1, -0.05) is 0 Å². The Hall–Kier alpha value is -3.43. The van der Waals surface area contributed by atoms with Gasteiger partial charge in [0.25, 0.3) is 5.69 Å². The van der Waals surface area contributed by atoms with Crippen LogP contribution < -0.4 is 10.3 Å². The molecule has 0 atom stereocenters. The van der Waals surface area contributed by atoms with Crippen LogP contribution in [0.2, 0.25) is 0 Å². The second-order valence-corrected chi connectivity index (χ2v) is 4.66. The smallest absolute Gasteiger partial charge is 0.301 e. The lowest BCUT2D eigenvalue weighted by atomic mass is 10.2. The molecule has 0 radical (unpaired) electrons. The van der Waals surface area contributed by atoms with E-state index in [-0.39, 0.29) is 11.4 Å². The summed E-state index contributed by atoms with van der Waals surface area (Å²) in [6.07, 6.45) is 1.35. The lowest BCUT2D eigenvalue weighted by Crippen LogP contribution is -2.06. The van der Waals surface area contributed by atoms with E-state index in [2.05, 4.69) is 10.5 Å². The number of rotatable bonds is 6. The molecule has 120 valence electrons. The lowest BCUT2D eigenvalue weighted by molar-refractivity contribution is -0.393. The third kappa shape index (κ3) is 3.81. The fraction of sp³-hybridized carbons (Fsp3) is 0.154. The first kappa shape index (κ1) is 15.9. The van der Waals surface area contributed by atoms with Crippen molar-refractivity contribution >= 4 is 29.2 Å². The monoisotopic (exact) mass is 319 g/mol. The van der Waals surface area contributed by atoms with Crippen LogP contribution in [0.3, 0.4) is 0 Å². The Kier molecular flexibility index (Phi) is 4.55. The maximum Gasteiger partial charge on any atom is 0.301 e. The first-order valence-corrected chi connectivity index (χ1v) is 6.37. The zero-order valence-electron chi connectivity index (χ0n) is 12.3. The molecule has 0 saturated heterocycles. The Balaban J connectivity index is 2.17. The second kappa shape index (κ2) is 6.56. The number of benzene rings is 1. The molecule has 0 spiro atoms. The summed E-state index contributed by atoms with van der Waals surface area (Å²) in [7, 11) is 3.64. The Bertz CT molecular complexity index is 768. The van der Waals surface area contributed by atoms with Crippen LogP contribution in [-0.4, -0.2) is 30.2 Å². The normalized spacial score (nSPS) is 10.7. The van der Waals surface area contributed by atoms with Crippen molar-refractivity contribution in [1.29, 1.82) is 0 Å². The summed E-state index contributed by atoms with van der Waals surface area (Å²) in [5.41, 5.74) is 1.71. The van der Waals surface area contributed by atoms with E-state index in [1.807, 2.05) is 14.1 Å². The van der Waals surface area contributed by atoms with Crippen LogP contribution in [0.5, 0.6) is 0 Å². The number of nitro benzene ring substituents is 2. The van der Waals surface area contributed by atoms with Crippen molar-refractivity contribution in [3.8, 4) is 0 Å². The summed E-state index contributed by atoms with van der Waals surface area (Å²) in [4.78, 5) is 22.0. The molecule has 0 aliphatic carbocycles. The van der Waals surface area contributed by atoms with Crippen molar-refractivity contribution in [2.45, 2.75) is 0 Å². The van der Waals surface area contributed by atoms with Gasteiger partial charge < -0.3 is 9.32 Å². The molecule has 1 aromatic heterocycles. The molecule has 1 heterocycles. The highest BCUT2D eigenvalue weighted by Crippen LogP contribution is 2.28. The van der Waals surface area contributed by atoms with E-state index in [0.717, 1.165) is 12.1 Å². The fourth-order valence-electron chi connectivity index (χ4n) is 1.70. The molecule has 0 bridgehead atoms. The molecule has 0 fully saturated rings. The Morgan fingerprint density at radius 2 is 1.91 bits per heavy atom. The maximum atomic E-state index is 11.0. The quantitative estimate of drug-likeness (QED) is 0.492. The minimum absolute atomic E-state index is 0.0382. The number of hydrazone groups is 1. The van der Waals surface area contributed by atoms with Crippen molar-refractivity contribution in [1.82, 2.24) is 0 Å². The molecular formula is C13H13N5O5. The topological polar surface area (TPSA) is 127 Å². The Morgan fingerprint density at radius 3 is 2.48 bits per heavy atom. The summed E-state index contributed by atoms with van der Waals surface area (Å²) in [5.74, 6) is 1.08. The highest BCUT2D eigenvalue weighted by Gasteiger charge is 2.19. The Morgan fingerprint density at radius 1 is 1.17 bits per heavy atom. The summed E-state index contributed by atoms with van der Waals surface area (Å²) >= 11 is 0. The average Bonchev–Trinajstić information content (AvgIpc) is 2.96. The van der Waals surface area contributed by atoms with Gasteiger partial charge in [-0.2, -0.15) is 5.10 Å². The molecule has 0 amide bonds. The van der Waals surface area contributed by atoms with Gasteiger partial charge >= 0.3 is 5.69 Å². The van der Waals surface area contributed by atoms with Crippen molar-refractivity contribution in [3.63, 3.8) is 0 Å². The van der Waals surface area contributed by atoms with Gasteiger partial charge in [0.2, 0.25) is 0 Å². The van der Waals surface area contributed by atoms with E-state index in [9.17, 15) is 20.2 Å². The van der Waals surface area contributed by atoms with Gasteiger partial charge in [-0.05, 0) is 12.1 Å². The average molecular weight is 319 g/mol. The molecule has 2 aromatic rings. The Labute approximate surface area is 130 Å². The molecule has 0 unspecified atom stereocenters. The number of nitrogens with one attached hydrogen (secondary N) is 1. The largest absolute Gasteiger partial charge is 0.440 e. The van der Waals surface area contributed by atoms with Gasteiger partial charge in [-0.25, -0.2) is 0 Å². The van der Waals surface area contributed by atoms with Crippen LogP contribution in [0, 0.1) is 20.2 Å². The molecule has 0 aliphatic rings. The van der Waals surface area contributed by atoms with Gasteiger partial charge in [-0.15, -0.1) is 0 Å². The number of nitrogens with zero attached hydrogens (tertiary/aromatic N) is 4. The summed E-state index contributed by atoms with van der Waals surface area (Å²) < 4.78 is 5.42. The van der Waals surface area contributed by atoms with Gasteiger partial charge in [0, 0.05) is 26.2 Å². The molecule has 1 N–H and O–H groups in total. The lowest BCUT2D eigenvalue weighted by Gasteiger charge is -2.05. The standard InChI is InChI=1S/C13H13N5O5/c1-16(2)13-6-4-10(23-13)8-14-15-11-5-3-9(17(19)20)7-12(11)18(21)22/h3-8,15H,1-2H3/b14-8-. The zero-order valence-corrected chi connectivity index (χ0v) is 12.3. The first-order valence-electron chi connectivity index (χ1n) is 6.37. The van der Waals surface area contributed by atoms with Gasteiger partial charge in [-0.3, -0.25) is 25.7 Å². The second-order valence-electron chi connectivity index (χ2n) is 4.66. The third-order valence-corrected chi connectivity index (χ3v) is 2.82. The van der Waals surface area contributed by atoms with E-state index in [1.165, 1.54) is 12.3 Å². The minimum Gasteiger partial charge on any atom is -0.440 e. The van der Waals surface area contributed by atoms with Crippen molar-refractivity contribution in [3.05, 3.63) is 56.3 Å². The number of nitro groups is 2. The molecule has 10 heteroatoms. The molecular weight excluding hydrogens is 306 g/mol. The zero-order chi connectivity index (χ0) is 17.0. The van der Waals surface area contributed by atoms with Crippen LogP contribution in [0.1, 0.15) is 5.76 Å². The van der Waals surface area contributed by atoms with Gasteiger partial charge in [0.1, 0.15) is 11.4 Å². The van der Waals surface area contributed by atoms with Gasteiger partial charge in [0.05, 0.1) is 22.1 Å². The number of hydrogen-bond donors (Lipinski definition) is 1. The molecule has 23 heavy (non-hydrogen) atoms. The molecule has 2 rings (SSSR count). The highest BCUT2D eigenvalue weighted by atomic mass is 16.6. The van der Waals surface area contributed by atoms with Crippen LogP contribution in [0.4, 0.5) is 22.9 Å². The summed E-state index contributed by atoms with van der Waals surface area (Å²) in [6, 6.07) is 6.68. The molecule has 0 saturated carbocycles. The number of non-ortho nitro benzene ring substituents is 1. The van der Waals surface area contributed by atoms with Crippen LogP contribution in [-0.2, 0) is 0 Å².